The Morgan fingerprint density at radius 3 is 2.48 bits per heavy atom. The molecule has 0 radical (unpaired) electrons. The highest BCUT2D eigenvalue weighted by molar-refractivity contribution is 14.0. The number of hydrogen-bond donors (Lipinski definition) is 2. The van der Waals surface area contributed by atoms with Crippen molar-refractivity contribution in [1.82, 2.24) is 15.6 Å². The maximum Gasteiger partial charge on any atom is 0.214 e. The lowest BCUT2D eigenvalue weighted by Crippen LogP contribution is -2.36. The van der Waals surface area contributed by atoms with Crippen molar-refractivity contribution in [3.63, 3.8) is 0 Å². The van der Waals surface area contributed by atoms with Gasteiger partial charge in [0.15, 0.2) is 5.96 Å². The quantitative estimate of drug-likeness (QED) is 0.315. The summed E-state index contributed by atoms with van der Waals surface area (Å²) in [6, 6.07) is 8.29. The standard InChI is InChI=1S/C22H32N4O2.HI/c1-4-23-22(25-15-21-26-16(2)17(3)27-21)24-14-18-10-12-20(13-11-18)28-19-8-6-5-7-9-19;/h10-13,19H,4-9,14-15H2,1-3H3,(H2,23,24,25);1H. The van der Waals surface area contributed by atoms with Gasteiger partial charge in [0.05, 0.1) is 24.9 Å². The van der Waals surface area contributed by atoms with Gasteiger partial charge in [-0.2, -0.15) is 0 Å². The van der Waals surface area contributed by atoms with Crippen molar-refractivity contribution in [3.8, 4) is 5.75 Å². The predicted molar refractivity (Wildman–Crippen MR) is 127 cm³/mol. The van der Waals surface area contributed by atoms with Crippen LogP contribution in [-0.2, 0) is 13.1 Å². The molecule has 0 aliphatic heterocycles. The van der Waals surface area contributed by atoms with Crippen LogP contribution in [0.4, 0.5) is 0 Å². The molecule has 2 N–H and O–H groups in total. The number of hydrogen-bond acceptors (Lipinski definition) is 4. The molecule has 0 saturated heterocycles. The van der Waals surface area contributed by atoms with E-state index in [0.717, 1.165) is 35.3 Å². The maximum absolute atomic E-state index is 6.10. The molecular weight excluding hydrogens is 479 g/mol. The number of guanidine groups is 1. The molecular formula is C22H33IN4O2. The highest BCUT2D eigenvalue weighted by Crippen LogP contribution is 2.23. The highest BCUT2D eigenvalue weighted by atomic mass is 127. The topological polar surface area (TPSA) is 71.7 Å². The van der Waals surface area contributed by atoms with Crippen LogP contribution in [0.1, 0.15) is 61.9 Å². The van der Waals surface area contributed by atoms with E-state index in [9.17, 15) is 0 Å². The van der Waals surface area contributed by atoms with Gasteiger partial charge in [0.25, 0.3) is 0 Å². The van der Waals surface area contributed by atoms with Crippen molar-refractivity contribution < 1.29 is 9.15 Å². The third-order valence-electron chi connectivity index (χ3n) is 5.02. The molecule has 6 nitrogen and oxygen atoms in total. The minimum absolute atomic E-state index is 0. The number of aryl methyl sites for hydroxylation is 2. The van der Waals surface area contributed by atoms with Gasteiger partial charge < -0.3 is 19.8 Å². The van der Waals surface area contributed by atoms with Crippen molar-refractivity contribution in [2.75, 3.05) is 6.54 Å². The van der Waals surface area contributed by atoms with Gasteiger partial charge in [-0.3, -0.25) is 0 Å². The first-order chi connectivity index (χ1) is 13.6. The maximum atomic E-state index is 6.10. The molecule has 1 aliphatic rings. The lowest BCUT2D eigenvalue weighted by atomic mass is 9.98. The summed E-state index contributed by atoms with van der Waals surface area (Å²) in [5.41, 5.74) is 2.07. The Morgan fingerprint density at radius 2 is 1.86 bits per heavy atom. The molecule has 1 heterocycles. The van der Waals surface area contributed by atoms with Crippen molar-refractivity contribution in [1.29, 1.82) is 0 Å². The SMILES string of the molecule is CCNC(=NCc1ccc(OC2CCCCC2)cc1)NCc1nc(C)c(C)o1.I. The summed E-state index contributed by atoms with van der Waals surface area (Å²) < 4.78 is 11.7. The summed E-state index contributed by atoms with van der Waals surface area (Å²) in [7, 11) is 0. The van der Waals surface area contributed by atoms with E-state index < -0.39 is 0 Å². The number of nitrogens with one attached hydrogen (secondary N) is 2. The van der Waals surface area contributed by atoms with E-state index in [1.807, 2.05) is 20.8 Å². The first kappa shape index (κ1) is 23.5. The van der Waals surface area contributed by atoms with Crippen LogP contribution in [0, 0.1) is 13.8 Å². The van der Waals surface area contributed by atoms with E-state index in [4.69, 9.17) is 9.15 Å². The Kier molecular flexibility index (Phi) is 9.76. The Bertz CT molecular complexity index is 748. The van der Waals surface area contributed by atoms with E-state index in [-0.39, 0.29) is 24.0 Å². The molecule has 0 amide bonds. The van der Waals surface area contributed by atoms with Crippen molar-refractivity contribution >= 4 is 29.9 Å². The first-order valence-corrected chi connectivity index (χ1v) is 10.3. The van der Waals surface area contributed by atoms with Gasteiger partial charge >= 0.3 is 0 Å². The third-order valence-corrected chi connectivity index (χ3v) is 5.02. The summed E-state index contributed by atoms with van der Waals surface area (Å²) in [6.07, 6.45) is 6.63. The summed E-state index contributed by atoms with van der Waals surface area (Å²) >= 11 is 0. The molecule has 0 atom stereocenters. The number of benzene rings is 1. The van der Waals surface area contributed by atoms with Crippen molar-refractivity contribution in [2.24, 2.45) is 4.99 Å². The summed E-state index contributed by atoms with van der Waals surface area (Å²) in [4.78, 5) is 9.05. The highest BCUT2D eigenvalue weighted by Gasteiger charge is 2.14. The second kappa shape index (κ2) is 12.0. The number of rotatable bonds is 7. The second-order valence-electron chi connectivity index (χ2n) is 7.32. The molecule has 0 bridgehead atoms. The van der Waals surface area contributed by atoms with E-state index >= 15 is 0 Å². The van der Waals surface area contributed by atoms with Gasteiger partial charge in [0.1, 0.15) is 11.5 Å². The third kappa shape index (κ3) is 7.53. The number of aliphatic imine (C=N–C) groups is 1. The molecule has 1 fully saturated rings. The Hall–Kier alpha value is -1.77. The second-order valence-corrected chi connectivity index (χ2v) is 7.32. The van der Waals surface area contributed by atoms with Crippen molar-refractivity contribution in [3.05, 3.63) is 47.2 Å². The Morgan fingerprint density at radius 1 is 1.14 bits per heavy atom. The zero-order valence-electron chi connectivity index (χ0n) is 17.7. The molecule has 7 heteroatoms. The first-order valence-electron chi connectivity index (χ1n) is 10.3. The number of oxazole rings is 1. The van der Waals surface area contributed by atoms with Crippen LogP contribution in [0.3, 0.4) is 0 Å². The molecule has 0 spiro atoms. The average Bonchev–Trinajstić information content (AvgIpc) is 3.03. The van der Waals surface area contributed by atoms with E-state index in [1.54, 1.807) is 0 Å². The predicted octanol–water partition coefficient (Wildman–Crippen LogP) is 4.88. The minimum atomic E-state index is 0. The lowest BCUT2D eigenvalue weighted by Gasteiger charge is -2.23. The summed E-state index contributed by atoms with van der Waals surface area (Å²) in [5.74, 6) is 3.23. The van der Waals surface area contributed by atoms with Crippen LogP contribution in [0.5, 0.6) is 5.75 Å². The van der Waals surface area contributed by atoms with Crippen molar-refractivity contribution in [2.45, 2.75) is 72.1 Å². The van der Waals surface area contributed by atoms with Gasteiger partial charge in [0.2, 0.25) is 5.89 Å². The Labute approximate surface area is 190 Å². The van der Waals surface area contributed by atoms with Crippen LogP contribution in [0.25, 0.3) is 0 Å². The lowest BCUT2D eigenvalue weighted by molar-refractivity contribution is 0.155. The van der Waals surface area contributed by atoms with E-state index in [0.29, 0.717) is 25.1 Å². The van der Waals surface area contributed by atoms with Gasteiger partial charge in [-0.25, -0.2) is 9.98 Å². The molecule has 1 aromatic heterocycles. The molecule has 29 heavy (non-hydrogen) atoms. The van der Waals surface area contributed by atoms with Crippen LogP contribution in [0.2, 0.25) is 0 Å². The smallest absolute Gasteiger partial charge is 0.214 e. The zero-order chi connectivity index (χ0) is 19.8. The fourth-order valence-corrected chi connectivity index (χ4v) is 3.34. The molecule has 1 saturated carbocycles. The van der Waals surface area contributed by atoms with Gasteiger partial charge in [0, 0.05) is 6.54 Å². The van der Waals surface area contributed by atoms with Crippen LogP contribution < -0.4 is 15.4 Å². The van der Waals surface area contributed by atoms with E-state index in [2.05, 4.69) is 44.9 Å². The van der Waals surface area contributed by atoms with Gasteiger partial charge in [-0.05, 0) is 64.2 Å². The average molecular weight is 512 g/mol. The fraction of sp³-hybridized carbons (Fsp3) is 0.545. The normalized spacial score (nSPS) is 14.9. The summed E-state index contributed by atoms with van der Waals surface area (Å²) in [6.45, 7) is 7.82. The summed E-state index contributed by atoms with van der Waals surface area (Å²) in [5, 5.41) is 6.53. The molecule has 1 aliphatic carbocycles. The Balaban J connectivity index is 0.00000300. The molecule has 3 rings (SSSR count). The molecule has 1 aromatic carbocycles. The van der Waals surface area contributed by atoms with Gasteiger partial charge in [-0.1, -0.05) is 18.6 Å². The van der Waals surface area contributed by atoms with E-state index in [1.165, 1.54) is 32.1 Å². The van der Waals surface area contributed by atoms with Crippen LogP contribution in [0.15, 0.2) is 33.7 Å². The monoisotopic (exact) mass is 512 g/mol. The van der Waals surface area contributed by atoms with Crippen LogP contribution in [-0.4, -0.2) is 23.6 Å². The fourth-order valence-electron chi connectivity index (χ4n) is 3.34. The zero-order valence-corrected chi connectivity index (χ0v) is 20.0. The molecule has 160 valence electrons. The largest absolute Gasteiger partial charge is 0.490 e. The van der Waals surface area contributed by atoms with Crippen LogP contribution >= 0.6 is 24.0 Å². The number of nitrogens with zero attached hydrogens (tertiary/aromatic N) is 2. The molecule has 0 unspecified atom stereocenters. The number of aromatic nitrogens is 1. The van der Waals surface area contributed by atoms with Gasteiger partial charge in [-0.15, -0.1) is 24.0 Å². The minimum Gasteiger partial charge on any atom is -0.490 e. The number of halogens is 1. The molecule has 2 aromatic rings. The number of ether oxygens (including phenoxy) is 1.